The summed E-state index contributed by atoms with van der Waals surface area (Å²) in [7, 11) is 3.11. The Morgan fingerprint density at radius 3 is 2.77 bits per heavy atom. The van der Waals surface area contributed by atoms with E-state index in [9.17, 15) is 13.6 Å². The third-order valence-electron chi connectivity index (χ3n) is 4.58. The fraction of sp³-hybridized carbons (Fsp3) is 0.200. The predicted molar refractivity (Wildman–Crippen MR) is 105 cm³/mol. The number of hydrogen-bond donors (Lipinski definition) is 1. The minimum atomic E-state index is -1.05. The molecule has 154 valence electrons. The highest BCUT2D eigenvalue weighted by Gasteiger charge is 2.13. The van der Waals surface area contributed by atoms with Crippen LogP contribution in [0.5, 0.6) is 5.75 Å². The highest BCUT2D eigenvalue weighted by molar-refractivity contribution is 5.92. The molecule has 1 N–H and O–H groups in total. The van der Waals surface area contributed by atoms with Crippen LogP contribution in [0.1, 0.15) is 11.1 Å². The van der Waals surface area contributed by atoms with E-state index in [1.165, 1.54) is 24.2 Å². The molecule has 0 aliphatic heterocycles. The second kappa shape index (κ2) is 7.90. The van der Waals surface area contributed by atoms with Gasteiger partial charge in [-0.3, -0.25) is 9.48 Å². The van der Waals surface area contributed by atoms with Crippen LogP contribution in [0.4, 0.5) is 14.6 Å². The lowest BCUT2D eigenvalue weighted by Gasteiger charge is -2.06. The number of aromatic nitrogens is 5. The van der Waals surface area contributed by atoms with Gasteiger partial charge in [-0.25, -0.2) is 4.39 Å². The van der Waals surface area contributed by atoms with Crippen molar-refractivity contribution in [2.75, 3.05) is 12.4 Å². The Hall–Kier alpha value is -3.82. The minimum Gasteiger partial charge on any atom is -0.494 e. The van der Waals surface area contributed by atoms with Gasteiger partial charge in [-0.2, -0.15) is 19.4 Å². The van der Waals surface area contributed by atoms with Crippen LogP contribution in [0, 0.1) is 11.6 Å². The van der Waals surface area contributed by atoms with Gasteiger partial charge in [0.25, 0.3) is 0 Å². The Morgan fingerprint density at radius 2 is 1.97 bits per heavy atom. The molecule has 2 aromatic carbocycles. The molecule has 2 heterocycles. The number of anilines is 1. The molecule has 30 heavy (non-hydrogen) atoms. The maximum atomic E-state index is 13.6. The van der Waals surface area contributed by atoms with Gasteiger partial charge >= 0.3 is 0 Å². The van der Waals surface area contributed by atoms with Gasteiger partial charge in [0.2, 0.25) is 11.7 Å². The molecule has 4 aromatic rings. The van der Waals surface area contributed by atoms with Crippen LogP contribution >= 0.6 is 0 Å². The lowest BCUT2D eigenvalue weighted by molar-refractivity contribution is -0.115. The van der Waals surface area contributed by atoms with Crippen molar-refractivity contribution >= 4 is 22.6 Å². The van der Waals surface area contributed by atoms with E-state index in [-0.39, 0.29) is 30.4 Å². The van der Waals surface area contributed by atoms with Crippen LogP contribution in [0.15, 0.2) is 42.7 Å². The van der Waals surface area contributed by atoms with Crippen molar-refractivity contribution in [3.8, 4) is 5.75 Å². The molecule has 0 aliphatic carbocycles. The molecule has 2 aromatic heterocycles. The van der Waals surface area contributed by atoms with Gasteiger partial charge in [0.05, 0.1) is 38.0 Å². The number of carbonyl (C=O) groups excluding carboxylic acids is 1. The summed E-state index contributed by atoms with van der Waals surface area (Å²) in [6.45, 7) is 0.0844. The number of nitrogens with one attached hydrogen (secondary N) is 1. The summed E-state index contributed by atoms with van der Waals surface area (Å²) in [6, 6.07) is 8.12. The van der Waals surface area contributed by atoms with Crippen molar-refractivity contribution in [1.82, 2.24) is 24.8 Å². The zero-order valence-corrected chi connectivity index (χ0v) is 16.3. The van der Waals surface area contributed by atoms with Gasteiger partial charge < -0.3 is 10.1 Å². The third-order valence-corrected chi connectivity index (χ3v) is 4.58. The average molecular weight is 412 g/mol. The standard InChI is InChI=1S/C20H18F2N6O2/c1-27-16-4-3-12(5-14(16)9-23-27)8-19(29)25-18-10-24-28(26-18)11-13-6-15(21)20(22)17(7-13)30-2/h3-7,9-10H,8,11H2,1-2H3,(H,25,26,29). The molecular weight excluding hydrogens is 394 g/mol. The Morgan fingerprint density at radius 1 is 1.13 bits per heavy atom. The van der Waals surface area contributed by atoms with Crippen LogP contribution in [0.2, 0.25) is 0 Å². The second-order valence-electron chi connectivity index (χ2n) is 6.74. The van der Waals surface area contributed by atoms with Gasteiger partial charge in [-0.1, -0.05) is 6.07 Å². The van der Waals surface area contributed by atoms with E-state index in [0.29, 0.717) is 5.56 Å². The van der Waals surface area contributed by atoms with E-state index in [1.807, 2.05) is 25.2 Å². The molecule has 10 heteroatoms. The maximum Gasteiger partial charge on any atom is 0.230 e. The van der Waals surface area contributed by atoms with Gasteiger partial charge in [-0.05, 0) is 35.4 Å². The van der Waals surface area contributed by atoms with Crippen LogP contribution in [-0.4, -0.2) is 37.8 Å². The van der Waals surface area contributed by atoms with E-state index in [4.69, 9.17) is 4.74 Å². The summed E-state index contributed by atoms with van der Waals surface area (Å²) < 4.78 is 33.8. The third kappa shape index (κ3) is 3.97. The lowest BCUT2D eigenvalue weighted by Crippen LogP contribution is -2.15. The average Bonchev–Trinajstić information content (AvgIpc) is 3.30. The summed E-state index contributed by atoms with van der Waals surface area (Å²) in [4.78, 5) is 13.6. The molecule has 0 unspecified atom stereocenters. The molecule has 0 atom stereocenters. The molecule has 0 radical (unpaired) electrons. The number of amides is 1. The van der Waals surface area contributed by atoms with Crippen LogP contribution in [0.25, 0.3) is 10.9 Å². The summed E-state index contributed by atoms with van der Waals surface area (Å²) in [5.41, 5.74) is 2.24. The Bertz CT molecular complexity index is 1230. The van der Waals surface area contributed by atoms with E-state index < -0.39 is 11.6 Å². The van der Waals surface area contributed by atoms with Crippen molar-refractivity contribution in [1.29, 1.82) is 0 Å². The topological polar surface area (TPSA) is 86.9 Å². The maximum absolute atomic E-state index is 13.6. The van der Waals surface area contributed by atoms with Gasteiger partial charge in [0, 0.05) is 12.4 Å². The zero-order chi connectivity index (χ0) is 21.3. The molecule has 0 saturated carbocycles. The predicted octanol–water partition coefficient (Wildman–Crippen LogP) is 2.68. The number of methoxy groups -OCH3 is 1. The molecule has 0 fully saturated rings. The van der Waals surface area contributed by atoms with E-state index >= 15 is 0 Å². The fourth-order valence-electron chi connectivity index (χ4n) is 3.15. The first-order valence-corrected chi connectivity index (χ1v) is 9.05. The normalized spacial score (nSPS) is 11.1. The molecular formula is C20H18F2N6O2. The first-order valence-electron chi connectivity index (χ1n) is 9.05. The van der Waals surface area contributed by atoms with E-state index in [2.05, 4.69) is 20.6 Å². The van der Waals surface area contributed by atoms with Crippen molar-refractivity contribution in [2.45, 2.75) is 13.0 Å². The first kappa shape index (κ1) is 19.5. The molecule has 0 aliphatic rings. The Labute approximate surface area is 170 Å². The number of hydrogen-bond acceptors (Lipinski definition) is 5. The number of aryl methyl sites for hydroxylation is 1. The first-order chi connectivity index (χ1) is 14.4. The van der Waals surface area contributed by atoms with Crippen molar-refractivity contribution in [2.24, 2.45) is 7.05 Å². The van der Waals surface area contributed by atoms with Gasteiger partial charge in [0.15, 0.2) is 17.4 Å². The van der Waals surface area contributed by atoms with Crippen LogP contribution in [0.3, 0.4) is 0 Å². The van der Waals surface area contributed by atoms with Crippen molar-refractivity contribution in [3.05, 3.63) is 65.5 Å². The summed E-state index contributed by atoms with van der Waals surface area (Å²) in [5.74, 6) is -2.25. The number of carbonyl (C=O) groups is 1. The van der Waals surface area contributed by atoms with Gasteiger partial charge in [-0.15, -0.1) is 5.10 Å². The molecule has 4 rings (SSSR count). The van der Waals surface area contributed by atoms with Crippen LogP contribution in [-0.2, 0) is 24.8 Å². The molecule has 1 amide bonds. The lowest BCUT2D eigenvalue weighted by atomic mass is 10.1. The fourth-order valence-corrected chi connectivity index (χ4v) is 3.15. The van der Waals surface area contributed by atoms with Crippen molar-refractivity contribution < 1.29 is 18.3 Å². The Balaban J connectivity index is 1.41. The number of rotatable bonds is 6. The largest absolute Gasteiger partial charge is 0.494 e. The number of fused-ring (bicyclic) bond motifs is 1. The molecule has 0 bridgehead atoms. The summed E-state index contributed by atoms with van der Waals surface area (Å²) in [6.07, 6.45) is 3.30. The highest BCUT2D eigenvalue weighted by atomic mass is 19.2. The highest BCUT2D eigenvalue weighted by Crippen LogP contribution is 2.22. The number of ether oxygens (including phenoxy) is 1. The molecule has 0 saturated heterocycles. The second-order valence-corrected chi connectivity index (χ2v) is 6.74. The Kier molecular flexibility index (Phi) is 5.13. The number of benzene rings is 2. The smallest absolute Gasteiger partial charge is 0.230 e. The van der Waals surface area contributed by atoms with Gasteiger partial charge in [0.1, 0.15) is 0 Å². The van der Waals surface area contributed by atoms with Crippen LogP contribution < -0.4 is 10.1 Å². The summed E-state index contributed by atoms with van der Waals surface area (Å²) in [5, 5.41) is 16.0. The molecule has 0 spiro atoms. The van der Waals surface area contributed by atoms with E-state index in [1.54, 1.807) is 10.9 Å². The molecule has 8 nitrogen and oxygen atoms in total. The number of halogens is 2. The van der Waals surface area contributed by atoms with E-state index in [0.717, 1.165) is 22.5 Å². The SMILES string of the molecule is COc1cc(Cn2ncc(NC(=O)Cc3ccc4c(cnn4C)c3)n2)cc(F)c1F. The van der Waals surface area contributed by atoms with Crippen molar-refractivity contribution in [3.63, 3.8) is 0 Å². The number of nitrogens with zero attached hydrogens (tertiary/aromatic N) is 5. The minimum absolute atomic E-state index is 0.0844. The quantitative estimate of drug-likeness (QED) is 0.526. The monoisotopic (exact) mass is 412 g/mol. The zero-order valence-electron chi connectivity index (χ0n) is 16.3. The summed E-state index contributed by atoms with van der Waals surface area (Å²) >= 11 is 0.